The van der Waals surface area contributed by atoms with Gasteiger partial charge >= 0.3 is 5.97 Å². The number of H-pyrrole nitrogens is 1. The van der Waals surface area contributed by atoms with Crippen LogP contribution in [-0.4, -0.2) is 41.5 Å². The monoisotopic (exact) mass is 314 g/mol. The van der Waals surface area contributed by atoms with Crippen molar-refractivity contribution in [2.24, 2.45) is 5.92 Å². The number of aromatic nitrogens is 1. The number of carbonyl (C=O) groups excluding carboxylic acids is 2. The van der Waals surface area contributed by atoms with Crippen LogP contribution in [0.1, 0.15) is 35.8 Å². The van der Waals surface area contributed by atoms with Gasteiger partial charge in [0.05, 0.1) is 12.5 Å². The van der Waals surface area contributed by atoms with Crippen molar-refractivity contribution in [1.29, 1.82) is 0 Å². The molecule has 5 heteroatoms. The van der Waals surface area contributed by atoms with E-state index in [-0.39, 0.29) is 17.8 Å². The minimum atomic E-state index is -0.135. The summed E-state index contributed by atoms with van der Waals surface area (Å²) < 4.78 is 5.07. The lowest BCUT2D eigenvalue weighted by atomic mass is 9.96. The van der Waals surface area contributed by atoms with E-state index in [2.05, 4.69) is 4.98 Å². The van der Waals surface area contributed by atoms with Crippen LogP contribution in [-0.2, 0) is 9.53 Å². The number of nitrogens with one attached hydrogen (secondary N) is 1. The molecule has 1 aliphatic rings. The molecule has 0 bridgehead atoms. The molecule has 1 aromatic carbocycles. The van der Waals surface area contributed by atoms with E-state index in [0.29, 0.717) is 38.1 Å². The van der Waals surface area contributed by atoms with Crippen molar-refractivity contribution < 1.29 is 14.3 Å². The highest BCUT2D eigenvalue weighted by Gasteiger charge is 2.28. The minimum Gasteiger partial charge on any atom is -0.466 e. The standard InChI is InChI=1S/C18H22N2O3/c1-3-23-18(22)13-6-8-20(9-7-13)17(21)14-4-5-16-15(11-14)10-12(2)19-16/h4-5,10-11,13,19H,3,6-9H2,1-2H3. The first-order chi connectivity index (χ1) is 11.1. The van der Waals surface area contributed by atoms with Crippen molar-refractivity contribution in [2.75, 3.05) is 19.7 Å². The fourth-order valence-corrected chi connectivity index (χ4v) is 3.17. The highest BCUT2D eigenvalue weighted by atomic mass is 16.5. The zero-order valence-electron chi connectivity index (χ0n) is 13.6. The molecule has 122 valence electrons. The Morgan fingerprint density at radius 3 is 2.70 bits per heavy atom. The van der Waals surface area contributed by atoms with Crippen LogP contribution in [0.3, 0.4) is 0 Å². The van der Waals surface area contributed by atoms with Gasteiger partial charge in [0, 0.05) is 35.2 Å². The lowest BCUT2D eigenvalue weighted by Gasteiger charge is -2.31. The number of carbonyl (C=O) groups is 2. The van der Waals surface area contributed by atoms with Crippen molar-refractivity contribution >= 4 is 22.8 Å². The van der Waals surface area contributed by atoms with E-state index in [4.69, 9.17) is 4.74 Å². The van der Waals surface area contributed by atoms with Crippen LogP contribution in [0.5, 0.6) is 0 Å². The van der Waals surface area contributed by atoms with E-state index in [1.807, 2.05) is 43.0 Å². The van der Waals surface area contributed by atoms with Crippen LogP contribution >= 0.6 is 0 Å². The van der Waals surface area contributed by atoms with E-state index in [9.17, 15) is 9.59 Å². The summed E-state index contributed by atoms with van der Waals surface area (Å²) in [5.41, 5.74) is 2.83. The number of piperidine rings is 1. The van der Waals surface area contributed by atoms with Crippen molar-refractivity contribution in [3.8, 4) is 0 Å². The van der Waals surface area contributed by atoms with Gasteiger partial charge in [0.15, 0.2) is 0 Å². The van der Waals surface area contributed by atoms with Crippen LogP contribution in [0, 0.1) is 12.8 Å². The quantitative estimate of drug-likeness (QED) is 0.886. The van der Waals surface area contributed by atoms with E-state index in [0.717, 1.165) is 16.6 Å². The highest BCUT2D eigenvalue weighted by molar-refractivity contribution is 5.98. The summed E-state index contributed by atoms with van der Waals surface area (Å²) in [5, 5.41) is 1.05. The van der Waals surface area contributed by atoms with Gasteiger partial charge < -0.3 is 14.6 Å². The molecule has 2 aromatic rings. The molecule has 23 heavy (non-hydrogen) atoms. The van der Waals surface area contributed by atoms with Gasteiger partial charge in [-0.05, 0) is 51.0 Å². The zero-order valence-corrected chi connectivity index (χ0v) is 13.6. The first-order valence-electron chi connectivity index (χ1n) is 8.13. The van der Waals surface area contributed by atoms with Gasteiger partial charge in [0.25, 0.3) is 5.91 Å². The Morgan fingerprint density at radius 1 is 1.26 bits per heavy atom. The van der Waals surface area contributed by atoms with Crippen molar-refractivity contribution in [3.63, 3.8) is 0 Å². The molecule has 1 saturated heterocycles. The largest absolute Gasteiger partial charge is 0.466 e. The number of hydrogen-bond donors (Lipinski definition) is 1. The summed E-state index contributed by atoms with van der Waals surface area (Å²) in [5.74, 6) is -0.175. The van der Waals surface area contributed by atoms with E-state index in [1.54, 1.807) is 0 Å². The maximum atomic E-state index is 12.7. The Kier molecular flexibility index (Phi) is 4.37. The zero-order chi connectivity index (χ0) is 16.4. The molecular weight excluding hydrogens is 292 g/mol. The first kappa shape index (κ1) is 15.6. The molecule has 0 unspecified atom stereocenters. The van der Waals surface area contributed by atoms with Crippen molar-refractivity contribution in [1.82, 2.24) is 9.88 Å². The Bertz CT molecular complexity index is 727. The summed E-state index contributed by atoms with van der Waals surface area (Å²) in [6, 6.07) is 7.77. The summed E-state index contributed by atoms with van der Waals surface area (Å²) in [6.07, 6.45) is 1.35. The van der Waals surface area contributed by atoms with Gasteiger partial charge in [0.1, 0.15) is 0 Å². The Hall–Kier alpha value is -2.30. The first-order valence-corrected chi connectivity index (χ1v) is 8.13. The summed E-state index contributed by atoms with van der Waals surface area (Å²) in [6.45, 7) is 5.43. The number of hydrogen-bond acceptors (Lipinski definition) is 3. The van der Waals surface area contributed by atoms with Gasteiger partial charge in [-0.25, -0.2) is 0 Å². The second-order valence-electron chi connectivity index (χ2n) is 6.07. The lowest BCUT2D eigenvalue weighted by Crippen LogP contribution is -2.40. The maximum Gasteiger partial charge on any atom is 0.309 e. The Labute approximate surface area is 135 Å². The Balaban J connectivity index is 1.67. The highest BCUT2D eigenvalue weighted by Crippen LogP contribution is 2.22. The summed E-state index contributed by atoms with van der Waals surface area (Å²) >= 11 is 0. The SMILES string of the molecule is CCOC(=O)C1CCN(C(=O)c2ccc3[nH]c(C)cc3c2)CC1. The molecule has 3 rings (SSSR count). The average molecular weight is 314 g/mol. The van der Waals surface area contributed by atoms with Gasteiger partial charge in [-0.15, -0.1) is 0 Å². The third-order valence-electron chi connectivity index (χ3n) is 4.40. The number of fused-ring (bicyclic) bond motifs is 1. The molecule has 5 nitrogen and oxygen atoms in total. The molecule has 1 aliphatic heterocycles. The molecule has 0 spiro atoms. The molecule has 1 N–H and O–H groups in total. The number of benzene rings is 1. The fourth-order valence-electron chi connectivity index (χ4n) is 3.17. The third kappa shape index (κ3) is 3.23. The topological polar surface area (TPSA) is 62.4 Å². The predicted octanol–water partition coefficient (Wildman–Crippen LogP) is 2.89. The van der Waals surface area contributed by atoms with Crippen LogP contribution in [0.4, 0.5) is 0 Å². The van der Waals surface area contributed by atoms with E-state index < -0.39 is 0 Å². The molecule has 0 radical (unpaired) electrons. The smallest absolute Gasteiger partial charge is 0.309 e. The second-order valence-corrected chi connectivity index (χ2v) is 6.07. The van der Waals surface area contributed by atoms with Gasteiger partial charge in [-0.1, -0.05) is 0 Å². The summed E-state index contributed by atoms with van der Waals surface area (Å²) in [7, 11) is 0. The summed E-state index contributed by atoms with van der Waals surface area (Å²) in [4.78, 5) is 29.5. The number of likely N-dealkylation sites (tertiary alicyclic amines) is 1. The van der Waals surface area contributed by atoms with Crippen LogP contribution in [0.25, 0.3) is 10.9 Å². The lowest BCUT2D eigenvalue weighted by molar-refractivity contribution is -0.149. The minimum absolute atomic E-state index is 0.0352. The molecule has 0 saturated carbocycles. The number of aromatic amines is 1. The van der Waals surface area contributed by atoms with Crippen LogP contribution in [0.15, 0.2) is 24.3 Å². The molecular formula is C18H22N2O3. The fraction of sp³-hybridized carbons (Fsp3) is 0.444. The number of nitrogens with zero attached hydrogens (tertiary/aromatic N) is 1. The molecule has 1 aromatic heterocycles. The average Bonchev–Trinajstić information content (AvgIpc) is 2.93. The normalized spacial score (nSPS) is 15.8. The van der Waals surface area contributed by atoms with Crippen LogP contribution in [0.2, 0.25) is 0 Å². The Morgan fingerprint density at radius 2 is 2.00 bits per heavy atom. The number of aryl methyl sites for hydroxylation is 1. The second kappa shape index (κ2) is 6.44. The predicted molar refractivity (Wildman–Crippen MR) is 88.3 cm³/mol. The third-order valence-corrected chi connectivity index (χ3v) is 4.40. The maximum absolute atomic E-state index is 12.7. The van der Waals surface area contributed by atoms with Gasteiger partial charge in [0.2, 0.25) is 0 Å². The van der Waals surface area contributed by atoms with E-state index in [1.165, 1.54) is 0 Å². The molecule has 1 amide bonds. The number of esters is 1. The van der Waals surface area contributed by atoms with Crippen LogP contribution < -0.4 is 0 Å². The van der Waals surface area contributed by atoms with Crippen molar-refractivity contribution in [2.45, 2.75) is 26.7 Å². The van der Waals surface area contributed by atoms with Crippen molar-refractivity contribution in [3.05, 3.63) is 35.5 Å². The molecule has 0 aliphatic carbocycles. The number of rotatable bonds is 3. The molecule has 1 fully saturated rings. The number of ether oxygens (including phenoxy) is 1. The molecule has 2 heterocycles. The van der Waals surface area contributed by atoms with Gasteiger partial charge in [-0.2, -0.15) is 0 Å². The molecule has 0 atom stereocenters. The number of amides is 1. The van der Waals surface area contributed by atoms with E-state index >= 15 is 0 Å². The van der Waals surface area contributed by atoms with Gasteiger partial charge in [-0.3, -0.25) is 9.59 Å².